The largest absolute Gasteiger partial charge is 0.376 e. The molecule has 0 aromatic rings. The highest BCUT2D eigenvalue weighted by atomic mass is 16.5. The molecule has 0 aliphatic carbocycles. The SMILES string of the molecule is CCN(CCCOC(C)(C)C)CC(C)C. The van der Waals surface area contributed by atoms with Gasteiger partial charge in [-0.3, -0.25) is 0 Å². The van der Waals surface area contributed by atoms with E-state index in [9.17, 15) is 0 Å². The highest BCUT2D eigenvalue weighted by Gasteiger charge is 2.10. The molecule has 0 radical (unpaired) electrons. The third-order valence-electron chi connectivity index (χ3n) is 2.22. The molecule has 0 amide bonds. The van der Waals surface area contributed by atoms with Crippen LogP contribution in [0, 0.1) is 5.92 Å². The molecule has 0 heterocycles. The molecule has 0 N–H and O–H groups in total. The van der Waals surface area contributed by atoms with E-state index in [-0.39, 0.29) is 5.60 Å². The van der Waals surface area contributed by atoms with Crippen molar-refractivity contribution in [2.45, 2.75) is 53.6 Å². The van der Waals surface area contributed by atoms with E-state index in [0.717, 1.165) is 32.0 Å². The van der Waals surface area contributed by atoms with Gasteiger partial charge in [-0.1, -0.05) is 20.8 Å². The maximum Gasteiger partial charge on any atom is 0.0598 e. The Morgan fingerprint density at radius 3 is 2.20 bits per heavy atom. The van der Waals surface area contributed by atoms with Crippen LogP contribution in [0.3, 0.4) is 0 Å². The lowest BCUT2D eigenvalue weighted by Crippen LogP contribution is -2.30. The Labute approximate surface area is 96.0 Å². The van der Waals surface area contributed by atoms with Gasteiger partial charge < -0.3 is 9.64 Å². The zero-order chi connectivity index (χ0) is 11.9. The van der Waals surface area contributed by atoms with Crippen LogP contribution in [0.4, 0.5) is 0 Å². The maximum absolute atomic E-state index is 5.70. The van der Waals surface area contributed by atoms with Crippen molar-refractivity contribution < 1.29 is 4.74 Å². The lowest BCUT2D eigenvalue weighted by Gasteiger charge is -2.24. The van der Waals surface area contributed by atoms with E-state index in [1.807, 2.05) is 0 Å². The summed E-state index contributed by atoms with van der Waals surface area (Å²) in [6.07, 6.45) is 1.14. The van der Waals surface area contributed by atoms with Gasteiger partial charge in [0.25, 0.3) is 0 Å². The fourth-order valence-corrected chi connectivity index (χ4v) is 1.56. The summed E-state index contributed by atoms with van der Waals surface area (Å²) in [6.45, 7) is 17.5. The van der Waals surface area contributed by atoms with Crippen molar-refractivity contribution in [3.63, 3.8) is 0 Å². The van der Waals surface area contributed by atoms with Crippen molar-refractivity contribution in [2.75, 3.05) is 26.2 Å². The van der Waals surface area contributed by atoms with E-state index >= 15 is 0 Å². The predicted octanol–water partition coefficient (Wildman–Crippen LogP) is 3.17. The molecule has 15 heavy (non-hydrogen) atoms. The lowest BCUT2D eigenvalue weighted by molar-refractivity contribution is -0.00705. The van der Waals surface area contributed by atoms with Gasteiger partial charge in [0.2, 0.25) is 0 Å². The minimum absolute atomic E-state index is 0.00902. The highest BCUT2D eigenvalue weighted by molar-refractivity contribution is 4.61. The third-order valence-corrected chi connectivity index (χ3v) is 2.22. The van der Waals surface area contributed by atoms with Crippen LogP contribution in [0.2, 0.25) is 0 Å². The molecular weight excluding hydrogens is 186 g/mol. The average molecular weight is 215 g/mol. The van der Waals surface area contributed by atoms with E-state index in [0.29, 0.717) is 0 Å². The van der Waals surface area contributed by atoms with Gasteiger partial charge in [0.15, 0.2) is 0 Å². The van der Waals surface area contributed by atoms with Gasteiger partial charge in [-0.05, 0) is 39.7 Å². The van der Waals surface area contributed by atoms with Crippen molar-refractivity contribution >= 4 is 0 Å². The molecule has 0 unspecified atom stereocenters. The Bertz CT molecular complexity index is 149. The zero-order valence-electron chi connectivity index (χ0n) is 11.5. The molecule has 2 heteroatoms. The van der Waals surface area contributed by atoms with Crippen LogP contribution >= 0.6 is 0 Å². The standard InChI is InChI=1S/C13H29NO/c1-7-14(11-12(2)3)9-8-10-15-13(4,5)6/h12H,7-11H2,1-6H3. The topological polar surface area (TPSA) is 12.5 Å². The van der Waals surface area contributed by atoms with Crippen LogP contribution in [0.1, 0.15) is 48.0 Å². The quantitative estimate of drug-likeness (QED) is 0.605. The normalized spacial score (nSPS) is 12.8. The fraction of sp³-hybridized carbons (Fsp3) is 1.00. The second-order valence-electron chi connectivity index (χ2n) is 5.60. The molecule has 92 valence electrons. The summed E-state index contributed by atoms with van der Waals surface area (Å²) >= 11 is 0. The summed E-state index contributed by atoms with van der Waals surface area (Å²) in [6, 6.07) is 0. The zero-order valence-corrected chi connectivity index (χ0v) is 11.5. The number of hydrogen-bond acceptors (Lipinski definition) is 2. The minimum atomic E-state index is 0.00902. The average Bonchev–Trinajstić information content (AvgIpc) is 2.08. The van der Waals surface area contributed by atoms with Crippen LogP contribution in [0.15, 0.2) is 0 Å². The first-order chi connectivity index (χ1) is 6.85. The molecule has 0 aliphatic rings. The van der Waals surface area contributed by atoms with E-state index < -0.39 is 0 Å². The van der Waals surface area contributed by atoms with Crippen molar-refractivity contribution in [3.05, 3.63) is 0 Å². The summed E-state index contributed by atoms with van der Waals surface area (Å²) in [5, 5.41) is 0. The van der Waals surface area contributed by atoms with Crippen LogP contribution in [0.5, 0.6) is 0 Å². The molecule has 0 saturated heterocycles. The number of hydrogen-bond donors (Lipinski definition) is 0. The molecule has 0 aromatic heterocycles. The highest BCUT2D eigenvalue weighted by Crippen LogP contribution is 2.07. The summed E-state index contributed by atoms with van der Waals surface area (Å²) < 4.78 is 5.70. The van der Waals surface area contributed by atoms with Gasteiger partial charge in [0, 0.05) is 19.7 Å². The summed E-state index contributed by atoms with van der Waals surface area (Å²) in [5.74, 6) is 0.758. The first-order valence-corrected chi connectivity index (χ1v) is 6.21. The maximum atomic E-state index is 5.70. The Kier molecular flexibility index (Phi) is 7.20. The Hall–Kier alpha value is -0.0800. The van der Waals surface area contributed by atoms with Gasteiger partial charge in [-0.15, -0.1) is 0 Å². The van der Waals surface area contributed by atoms with Crippen LogP contribution in [-0.2, 0) is 4.74 Å². The molecule has 0 saturated carbocycles. The summed E-state index contributed by atoms with van der Waals surface area (Å²) in [5.41, 5.74) is 0.00902. The van der Waals surface area contributed by atoms with Crippen LogP contribution in [0.25, 0.3) is 0 Å². The minimum Gasteiger partial charge on any atom is -0.376 e. The van der Waals surface area contributed by atoms with Gasteiger partial charge >= 0.3 is 0 Å². The molecule has 2 nitrogen and oxygen atoms in total. The second-order valence-corrected chi connectivity index (χ2v) is 5.60. The smallest absolute Gasteiger partial charge is 0.0598 e. The Morgan fingerprint density at radius 2 is 1.80 bits per heavy atom. The van der Waals surface area contributed by atoms with E-state index in [1.54, 1.807) is 0 Å². The first kappa shape index (κ1) is 14.9. The number of nitrogens with zero attached hydrogens (tertiary/aromatic N) is 1. The van der Waals surface area contributed by atoms with Gasteiger partial charge in [0.1, 0.15) is 0 Å². The molecule has 0 bridgehead atoms. The molecule has 0 atom stereocenters. The lowest BCUT2D eigenvalue weighted by atomic mass is 10.2. The Balaban J connectivity index is 3.55. The van der Waals surface area contributed by atoms with E-state index in [1.165, 1.54) is 6.54 Å². The van der Waals surface area contributed by atoms with Crippen LogP contribution in [-0.4, -0.2) is 36.7 Å². The van der Waals surface area contributed by atoms with Crippen molar-refractivity contribution in [1.82, 2.24) is 4.90 Å². The molecule has 0 aliphatic heterocycles. The summed E-state index contributed by atoms with van der Waals surface area (Å²) in [7, 11) is 0. The van der Waals surface area contributed by atoms with Gasteiger partial charge in [0.05, 0.1) is 5.60 Å². The molecule has 0 aromatic carbocycles. The van der Waals surface area contributed by atoms with Gasteiger partial charge in [-0.25, -0.2) is 0 Å². The van der Waals surface area contributed by atoms with Crippen LogP contribution < -0.4 is 0 Å². The van der Waals surface area contributed by atoms with E-state index in [4.69, 9.17) is 4.74 Å². The van der Waals surface area contributed by atoms with Crippen molar-refractivity contribution in [1.29, 1.82) is 0 Å². The third kappa shape index (κ3) is 10.2. The first-order valence-electron chi connectivity index (χ1n) is 6.21. The number of rotatable bonds is 7. The monoisotopic (exact) mass is 215 g/mol. The van der Waals surface area contributed by atoms with Crippen molar-refractivity contribution in [2.24, 2.45) is 5.92 Å². The van der Waals surface area contributed by atoms with Gasteiger partial charge in [-0.2, -0.15) is 0 Å². The van der Waals surface area contributed by atoms with Crippen molar-refractivity contribution in [3.8, 4) is 0 Å². The fourth-order valence-electron chi connectivity index (χ4n) is 1.56. The second kappa shape index (κ2) is 7.24. The van der Waals surface area contributed by atoms with E-state index in [2.05, 4.69) is 46.4 Å². The molecule has 0 rings (SSSR count). The Morgan fingerprint density at radius 1 is 1.20 bits per heavy atom. The predicted molar refractivity (Wildman–Crippen MR) is 67.3 cm³/mol. The molecular formula is C13H29NO. The summed E-state index contributed by atoms with van der Waals surface area (Å²) in [4.78, 5) is 2.50. The molecule has 0 spiro atoms. The number of ether oxygens (including phenoxy) is 1. The molecule has 0 fully saturated rings.